The van der Waals surface area contributed by atoms with Crippen molar-refractivity contribution >= 4 is 11.6 Å². The smallest absolute Gasteiger partial charge is 0.259 e. The van der Waals surface area contributed by atoms with E-state index in [2.05, 4.69) is 10.1 Å². The van der Waals surface area contributed by atoms with E-state index in [9.17, 15) is 4.79 Å². The molecule has 2 aromatic heterocycles. The lowest BCUT2D eigenvalue weighted by Gasteiger charge is -2.47. The summed E-state index contributed by atoms with van der Waals surface area (Å²) in [7, 11) is 0. The highest BCUT2D eigenvalue weighted by Gasteiger charge is 2.43. The molecule has 7 heteroatoms. The van der Waals surface area contributed by atoms with E-state index in [1.807, 2.05) is 38.7 Å². The van der Waals surface area contributed by atoms with Crippen LogP contribution in [0.4, 0.5) is 0 Å². The molecule has 2 atom stereocenters. The molecule has 0 aliphatic carbocycles. The van der Waals surface area contributed by atoms with Gasteiger partial charge >= 0.3 is 0 Å². The summed E-state index contributed by atoms with van der Waals surface area (Å²) >= 11 is 0. The zero-order valence-electron chi connectivity index (χ0n) is 15.9. The Kier molecular flexibility index (Phi) is 4.23. The van der Waals surface area contributed by atoms with Gasteiger partial charge in [-0.2, -0.15) is 5.10 Å². The second-order valence-corrected chi connectivity index (χ2v) is 7.69. The van der Waals surface area contributed by atoms with Crippen molar-refractivity contribution in [1.29, 1.82) is 0 Å². The predicted octanol–water partition coefficient (Wildman–Crippen LogP) is 2.06. The molecule has 0 aromatic carbocycles. The Bertz CT molecular complexity index is 854. The van der Waals surface area contributed by atoms with Gasteiger partial charge in [0, 0.05) is 24.5 Å². The van der Waals surface area contributed by atoms with Crippen molar-refractivity contribution in [3.63, 3.8) is 0 Å². The number of fused-ring (bicyclic) bond motifs is 1. The molecule has 2 aromatic rings. The van der Waals surface area contributed by atoms with E-state index < -0.39 is 0 Å². The Morgan fingerprint density at radius 2 is 2.15 bits per heavy atom. The maximum atomic E-state index is 13.4. The van der Waals surface area contributed by atoms with Crippen molar-refractivity contribution < 1.29 is 14.3 Å². The number of nitrogens with zero attached hydrogens (tertiary/aromatic N) is 4. The summed E-state index contributed by atoms with van der Waals surface area (Å²) < 4.78 is 13.6. The molecular formula is C19H26N4O3. The molecule has 26 heavy (non-hydrogen) atoms. The van der Waals surface area contributed by atoms with Crippen molar-refractivity contribution in [2.24, 2.45) is 0 Å². The molecule has 4 heterocycles. The maximum absolute atomic E-state index is 13.4. The van der Waals surface area contributed by atoms with Crippen molar-refractivity contribution in [3.8, 4) is 0 Å². The lowest BCUT2D eigenvalue weighted by Crippen LogP contribution is -2.59. The summed E-state index contributed by atoms with van der Waals surface area (Å²) in [5, 5.41) is 4.54. The quantitative estimate of drug-likeness (QED) is 0.781. The summed E-state index contributed by atoms with van der Waals surface area (Å²) in [6.07, 6.45) is 1.86. The van der Waals surface area contributed by atoms with E-state index in [0.717, 1.165) is 30.8 Å². The molecule has 4 rings (SSSR count). The third-order valence-electron chi connectivity index (χ3n) is 5.27. The van der Waals surface area contributed by atoms with E-state index in [0.29, 0.717) is 36.6 Å². The molecule has 0 N–H and O–H groups in total. The molecule has 0 bridgehead atoms. The Morgan fingerprint density at radius 3 is 2.88 bits per heavy atom. The number of hydrogen-bond donors (Lipinski definition) is 0. The first kappa shape index (κ1) is 17.4. The molecule has 0 saturated carbocycles. The van der Waals surface area contributed by atoms with Gasteiger partial charge in [-0.3, -0.25) is 4.79 Å². The number of ether oxygens (including phenoxy) is 2. The minimum absolute atomic E-state index is 0.0184. The van der Waals surface area contributed by atoms with E-state index in [1.165, 1.54) is 0 Å². The van der Waals surface area contributed by atoms with Crippen molar-refractivity contribution in [1.82, 2.24) is 19.5 Å². The second kappa shape index (κ2) is 6.32. The molecule has 2 saturated heterocycles. The van der Waals surface area contributed by atoms with Crippen molar-refractivity contribution in [2.45, 2.75) is 52.2 Å². The molecule has 7 nitrogen and oxygen atoms in total. The van der Waals surface area contributed by atoms with Gasteiger partial charge in [-0.05, 0) is 46.6 Å². The maximum Gasteiger partial charge on any atom is 0.259 e. The van der Waals surface area contributed by atoms with Gasteiger partial charge in [0.1, 0.15) is 11.2 Å². The van der Waals surface area contributed by atoms with Gasteiger partial charge in [0.25, 0.3) is 5.91 Å². The Balaban J connectivity index is 1.71. The van der Waals surface area contributed by atoms with Crippen LogP contribution in [0.5, 0.6) is 0 Å². The van der Waals surface area contributed by atoms with Gasteiger partial charge in [-0.25, -0.2) is 9.50 Å². The minimum Gasteiger partial charge on any atom is -0.378 e. The van der Waals surface area contributed by atoms with Gasteiger partial charge in [0.2, 0.25) is 0 Å². The van der Waals surface area contributed by atoms with E-state index in [1.54, 1.807) is 4.52 Å². The third kappa shape index (κ3) is 2.89. The summed E-state index contributed by atoms with van der Waals surface area (Å²) in [5.74, 6) is -0.0184. The second-order valence-electron chi connectivity index (χ2n) is 7.69. The fourth-order valence-corrected chi connectivity index (χ4v) is 4.26. The van der Waals surface area contributed by atoms with E-state index in [-0.39, 0.29) is 17.6 Å². The monoisotopic (exact) mass is 358 g/mol. The number of amides is 1. The van der Waals surface area contributed by atoms with Gasteiger partial charge in [-0.15, -0.1) is 0 Å². The normalized spacial score (nSPS) is 26.6. The largest absolute Gasteiger partial charge is 0.378 e. The molecule has 0 radical (unpaired) electrons. The van der Waals surface area contributed by atoms with Gasteiger partial charge in [0.15, 0.2) is 5.65 Å². The van der Waals surface area contributed by atoms with Gasteiger partial charge in [-0.1, -0.05) is 0 Å². The standard InChI is InChI=1S/C19H26N4O3/c1-12-8-13(2)23-17(20-12)16(15(4)21-23)18(24)22-9-14(3)26-19(10-22)6-5-7-25-11-19/h8,14H,5-7,9-11H2,1-4H3/t14-,19+/m1/s1. The van der Waals surface area contributed by atoms with Crippen LogP contribution in [-0.4, -0.2) is 63.4 Å². The van der Waals surface area contributed by atoms with Crippen LogP contribution in [0.25, 0.3) is 5.65 Å². The first-order valence-corrected chi connectivity index (χ1v) is 9.27. The summed E-state index contributed by atoms with van der Waals surface area (Å²) in [5.41, 5.74) is 3.42. The van der Waals surface area contributed by atoms with Gasteiger partial charge < -0.3 is 14.4 Å². The topological polar surface area (TPSA) is 69.0 Å². The number of rotatable bonds is 1. The van der Waals surface area contributed by atoms with Gasteiger partial charge in [0.05, 0.1) is 24.9 Å². The molecule has 1 amide bonds. The fraction of sp³-hybridized carbons (Fsp3) is 0.632. The van der Waals surface area contributed by atoms with Crippen LogP contribution < -0.4 is 0 Å². The number of carbonyl (C=O) groups excluding carboxylic acids is 1. The highest BCUT2D eigenvalue weighted by Crippen LogP contribution is 2.31. The highest BCUT2D eigenvalue weighted by molar-refractivity contribution is 6.01. The van der Waals surface area contributed by atoms with Crippen LogP contribution in [0.3, 0.4) is 0 Å². The Morgan fingerprint density at radius 1 is 1.35 bits per heavy atom. The predicted molar refractivity (Wildman–Crippen MR) is 96.4 cm³/mol. The number of aryl methyl sites for hydroxylation is 3. The van der Waals surface area contributed by atoms with E-state index in [4.69, 9.17) is 9.47 Å². The highest BCUT2D eigenvalue weighted by atomic mass is 16.6. The third-order valence-corrected chi connectivity index (χ3v) is 5.27. The van der Waals surface area contributed by atoms with Crippen LogP contribution in [0.1, 0.15) is 47.2 Å². The van der Waals surface area contributed by atoms with Crippen LogP contribution in [0.15, 0.2) is 6.07 Å². The summed E-state index contributed by atoms with van der Waals surface area (Å²) in [4.78, 5) is 19.9. The molecule has 2 aliphatic rings. The van der Waals surface area contributed by atoms with Crippen LogP contribution >= 0.6 is 0 Å². The zero-order valence-corrected chi connectivity index (χ0v) is 15.9. The number of carbonyl (C=O) groups is 1. The number of aromatic nitrogens is 3. The SMILES string of the molecule is Cc1cc(C)n2nc(C)c(C(=O)N3C[C@@H](C)O[C@@]4(CCCOC4)C3)c2n1. The van der Waals surface area contributed by atoms with Crippen LogP contribution in [0.2, 0.25) is 0 Å². The minimum atomic E-state index is -0.387. The average molecular weight is 358 g/mol. The van der Waals surface area contributed by atoms with Crippen LogP contribution in [0, 0.1) is 20.8 Å². The average Bonchev–Trinajstić information content (AvgIpc) is 2.90. The zero-order chi connectivity index (χ0) is 18.5. The lowest BCUT2D eigenvalue weighted by molar-refractivity contribution is -0.188. The first-order chi connectivity index (χ1) is 12.4. The molecular weight excluding hydrogens is 332 g/mol. The van der Waals surface area contributed by atoms with Crippen LogP contribution in [-0.2, 0) is 9.47 Å². The summed E-state index contributed by atoms with van der Waals surface area (Å²) in [6.45, 7) is 10.3. The molecule has 0 unspecified atom stereocenters. The molecule has 2 fully saturated rings. The molecule has 1 spiro atoms. The Labute approximate surface area is 153 Å². The summed E-state index contributed by atoms with van der Waals surface area (Å²) in [6, 6.07) is 1.97. The van der Waals surface area contributed by atoms with E-state index >= 15 is 0 Å². The molecule has 140 valence electrons. The number of hydrogen-bond acceptors (Lipinski definition) is 5. The van der Waals surface area contributed by atoms with Crippen molar-refractivity contribution in [2.75, 3.05) is 26.3 Å². The number of morpholine rings is 1. The first-order valence-electron chi connectivity index (χ1n) is 9.27. The lowest BCUT2D eigenvalue weighted by atomic mass is 9.93. The van der Waals surface area contributed by atoms with Crippen molar-refractivity contribution in [3.05, 3.63) is 28.7 Å². The fourth-order valence-electron chi connectivity index (χ4n) is 4.26. The Hall–Kier alpha value is -1.99. The molecule has 2 aliphatic heterocycles.